The number of fused-ring (bicyclic) bond motifs is 1. The minimum atomic E-state index is 0. The standard InChI is InChI=1S/C23H32N4O3.HI/c1-24-23(25-14-18-12-17-8-6-7-9-20(17)30-18)26-15-19(27(2)3)16-10-11-21(28-4)22(13-16)29-5;/h6-11,13,18-19H,12,14-15H2,1-5H3,(H2,24,25,26);1H. The first kappa shape index (κ1) is 25.1. The summed E-state index contributed by atoms with van der Waals surface area (Å²) in [6, 6.07) is 14.3. The van der Waals surface area contributed by atoms with Gasteiger partial charge in [-0.1, -0.05) is 24.3 Å². The lowest BCUT2D eigenvalue weighted by Gasteiger charge is -2.27. The molecule has 2 N–H and O–H groups in total. The Labute approximate surface area is 202 Å². The molecule has 31 heavy (non-hydrogen) atoms. The van der Waals surface area contributed by atoms with E-state index in [2.05, 4.69) is 46.8 Å². The van der Waals surface area contributed by atoms with Crippen molar-refractivity contribution in [2.45, 2.75) is 18.6 Å². The quantitative estimate of drug-likeness (QED) is 0.305. The monoisotopic (exact) mass is 540 g/mol. The number of nitrogens with one attached hydrogen (secondary N) is 2. The molecule has 7 nitrogen and oxygen atoms in total. The van der Waals surface area contributed by atoms with Crippen molar-refractivity contribution in [3.05, 3.63) is 53.6 Å². The zero-order valence-electron chi connectivity index (χ0n) is 18.8. The van der Waals surface area contributed by atoms with E-state index >= 15 is 0 Å². The van der Waals surface area contributed by atoms with Crippen LogP contribution in [0.25, 0.3) is 0 Å². The van der Waals surface area contributed by atoms with Gasteiger partial charge in [-0.25, -0.2) is 0 Å². The lowest BCUT2D eigenvalue weighted by Crippen LogP contribution is -2.44. The zero-order chi connectivity index (χ0) is 21.5. The molecule has 2 unspecified atom stereocenters. The molecule has 2 atom stereocenters. The Bertz CT molecular complexity index is 851. The summed E-state index contributed by atoms with van der Waals surface area (Å²) in [5.74, 6) is 3.18. The molecule has 0 aliphatic carbocycles. The third kappa shape index (κ3) is 6.39. The van der Waals surface area contributed by atoms with Gasteiger partial charge >= 0.3 is 0 Å². The van der Waals surface area contributed by atoms with E-state index in [-0.39, 0.29) is 36.1 Å². The smallest absolute Gasteiger partial charge is 0.191 e. The number of aliphatic imine (C=N–C) groups is 1. The van der Waals surface area contributed by atoms with E-state index in [9.17, 15) is 0 Å². The Morgan fingerprint density at radius 1 is 1.13 bits per heavy atom. The lowest BCUT2D eigenvalue weighted by atomic mass is 10.1. The lowest BCUT2D eigenvalue weighted by molar-refractivity contribution is 0.234. The van der Waals surface area contributed by atoms with Crippen LogP contribution in [-0.2, 0) is 6.42 Å². The molecule has 1 aliphatic heterocycles. The first-order chi connectivity index (χ1) is 14.5. The van der Waals surface area contributed by atoms with Gasteiger partial charge in [0, 0.05) is 20.0 Å². The molecule has 0 spiro atoms. The number of hydrogen-bond acceptors (Lipinski definition) is 5. The van der Waals surface area contributed by atoms with Crippen molar-refractivity contribution >= 4 is 29.9 Å². The highest BCUT2D eigenvalue weighted by atomic mass is 127. The number of guanidine groups is 1. The summed E-state index contributed by atoms with van der Waals surface area (Å²) in [5, 5.41) is 6.81. The van der Waals surface area contributed by atoms with Gasteiger partial charge in [0.1, 0.15) is 11.9 Å². The van der Waals surface area contributed by atoms with E-state index in [0.29, 0.717) is 13.1 Å². The second-order valence-electron chi connectivity index (χ2n) is 7.48. The fraction of sp³-hybridized carbons (Fsp3) is 0.435. The molecule has 0 saturated heterocycles. The van der Waals surface area contributed by atoms with Crippen LogP contribution in [0.2, 0.25) is 0 Å². The van der Waals surface area contributed by atoms with Crippen LogP contribution in [0.15, 0.2) is 47.5 Å². The van der Waals surface area contributed by atoms with Crippen LogP contribution in [0.4, 0.5) is 0 Å². The van der Waals surface area contributed by atoms with E-state index in [1.165, 1.54) is 5.56 Å². The van der Waals surface area contributed by atoms with Gasteiger partial charge in [-0.05, 0) is 43.4 Å². The van der Waals surface area contributed by atoms with Crippen LogP contribution in [0.3, 0.4) is 0 Å². The van der Waals surface area contributed by atoms with Gasteiger partial charge in [-0.3, -0.25) is 4.99 Å². The molecule has 0 saturated carbocycles. The zero-order valence-corrected chi connectivity index (χ0v) is 21.2. The van der Waals surface area contributed by atoms with Gasteiger partial charge in [0.2, 0.25) is 0 Å². The fourth-order valence-corrected chi connectivity index (χ4v) is 3.65. The molecule has 1 heterocycles. The highest BCUT2D eigenvalue weighted by Gasteiger charge is 2.23. The molecular weight excluding hydrogens is 507 g/mol. The first-order valence-electron chi connectivity index (χ1n) is 10.1. The van der Waals surface area contributed by atoms with Crippen molar-refractivity contribution in [3.63, 3.8) is 0 Å². The second kappa shape index (κ2) is 12.0. The van der Waals surface area contributed by atoms with Gasteiger partial charge in [-0.2, -0.15) is 0 Å². The van der Waals surface area contributed by atoms with Crippen LogP contribution in [0, 0.1) is 0 Å². The summed E-state index contributed by atoms with van der Waals surface area (Å²) in [5.41, 5.74) is 2.39. The van der Waals surface area contributed by atoms with E-state index in [0.717, 1.165) is 35.2 Å². The van der Waals surface area contributed by atoms with Crippen LogP contribution in [-0.4, -0.2) is 65.4 Å². The summed E-state index contributed by atoms with van der Waals surface area (Å²) in [7, 11) is 9.19. The summed E-state index contributed by atoms with van der Waals surface area (Å²) >= 11 is 0. The second-order valence-corrected chi connectivity index (χ2v) is 7.48. The van der Waals surface area contributed by atoms with E-state index in [4.69, 9.17) is 14.2 Å². The topological polar surface area (TPSA) is 67.4 Å². The van der Waals surface area contributed by atoms with E-state index in [1.807, 2.05) is 30.3 Å². The molecule has 0 aromatic heterocycles. The molecule has 0 amide bonds. The molecule has 0 fully saturated rings. The number of halogens is 1. The van der Waals surface area contributed by atoms with Crippen molar-refractivity contribution in [1.82, 2.24) is 15.5 Å². The summed E-state index contributed by atoms with van der Waals surface area (Å²) < 4.78 is 16.8. The number of methoxy groups -OCH3 is 2. The summed E-state index contributed by atoms with van der Waals surface area (Å²) in [4.78, 5) is 6.52. The molecule has 1 aliphatic rings. The Hall–Kier alpha value is -2.20. The first-order valence-corrected chi connectivity index (χ1v) is 10.1. The van der Waals surface area contributed by atoms with Crippen molar-refractivity contribution in [1.29, 1.82) is 0 Å². The Balaban J connectivity index is 0.00000341. The predicted molar refractivity (Wildman–Crippen MR) is 135 cm³/mol. The van der Waals surface area contributed by atoms with Crippen LogP contribution in [0.1, 0.15) is 17.2 Å². The number of likely N-dealkylation sites (N-methyl/N-ethyl adjacent to an activating group) is 1. The average molecular weight is 540 g/mol. The minimum Gasteiger partial charge on any atom is -0.493 e. The number of rotatable bonds is 8. The highest BCUT2D eigenvalue weighted by molar-refractivity contribution is 14.0. The normalized spacial score (nSPS) is 16.1. The SMILES string of the molecule is CN=C(NCC1Cc2ccccc2O1)NCC(c1ccc(OC)c(OC)c1)N(C)C.I. The van der Waals surface area contributed by atoms with Gasteiger partial charge in [0.15, 0.2) is 17.5 Å². The number of hydrogen-bond donors (Lipinski definition) is 2. The van der Waals surface area contributed by atoms with Crippen molar-refractivity contribution in [2.24, 2.45) is 4.99 Å². The summed E-state index contributed by atoms with van der Waals surface area (Å²) in [6.07, 6.45) is 1.02. The molecule has 170 valence electrons. The molecule has 3 rings (SSSR count). The molecule has 0 radical (unpaired) electrons. The molecule has 2 aromatic rings. The maximum atomic E-state index is 6.00. The molecule has 8 heteroatoms. The predicted octanol–water partition coefficient (Wildman–Crippen LogP) is 3.09. The largest absolute Gasteiger partial charge is 0.493 e. The average Bonchev–Trinajstić information content (AvgIpc) is 3.18. The number of benzene rings is 2. The van der Waals surface area contributed by atoms with Gasteiger partial charge in [0.05, 0.1) is 26.8 Å². The number of nitrogens with zero attached hydrogens (tertiary/aromatic N) is 2. The van der Waals surface area contributed by atoms with Gasteiger partial charge in [-0.15, -0.1) is 24.0 Å². The third-order valence-electron chi connectivity index (χ3n) is 5.31. The molecule has 2 aromatic carbocycles. The Morgan fingerprint density at radius 2 is 1.87 bits per heavy atom. The number of ether oxygens (including phenoxy) is 3. The Morgan fingerprint density at radius 3 is 2.52 bits per heavy atom. The maximum absolute atomic E-state index is 6.00. The van der Waals surface area contributed by atoms with E-state index in [1.54, 1.807) is 21.3 Å². The van der Waals surface area contributed by atoms with Crippen LogP contribution >= 0.6 is 24.0 Å². The Kier molecular flexibility index (Phi) is 9.70. The minimum absolute atomic E-state index is 0. The number of para-hydroxylation sites is 1. The van der Waals surface area contributed by atoms with Crippen molar-refractivity contribution in [3.8, 4) is 17.2 Å². The van der Waals surface area contributed by atoms with E-state index < -0.39 is 0 Å². The van der Waals surface area contributed by atoms with Gasteiger partial charge in [0.25, 0.3) is 0 Å². The molecule has 0 bridgehead atoms. The fourth-order valence-electron chi connectivity index (χ4n) is 3.65. The molecular formula is C23H33IN4O3. The maximum Gasteiger partial charge on any atom is 0.191 e. The van der Waals surface area contributed by atoms with Crippen LogP contribution < -0.4 is 24.8 Å². The summed E-state index contributed by atoms with van der Waals surface area (Å²) in [6.45, 7) is 1.38. The van der Waals surface area contributed by atoms with Gasteiger partial charge < -0.3 is 29.7 Å². The third-order valence-corrected chi connectivity index (χ3v) is 5.31. The van der Waals surface area contributed by atoms with Crippen molar-refractivity contribution < 1.29 is 14.2 Å². The van der Waals surface area contributed by atoms with Crippen molar-refractivity contribution in [2.75, 3.05) is 48.5 Å². The highest BCUT2D eigenvalue weighted by Crippen LogP contribution is 2.31. The van der Waals surface area contributed by atoms with Crippen LogP contribution in [0.5, 0.6) is 17.2 Å².